The molecular weight excluding hydrogens is 296 g/mol. The van der Waals surface area contributed by atoms with Crippen molar-refractivity contribution in [2.24, 2.45) is 10.9 Å². The Labute approximate surface area is 115 Å². The Bertz CT molecular complexity index is 402. The summed E-state index contributed by atoms with van der Waals surface area (Å²) in [4.78, 5) is 4.55. The third kappa shape index (κ3) is 3.75. The first-order valence-electron chi connectivity index (χ1n) is 5.84. The van der Waals surface area contributed by atoms with E-state index in [2.05, 4.69) is 64.4 Å². The first kappa shape index (κ1) is 13.0. The minimum atomic E-state index is 0.308. The minimum absolute atomic E-state index is 0.308. The lowest BCUT2D eigenvalue weighted by Gasteiger charge is -2.21. The quantitative estimate of drug-likeness (QED) is 0.897. The first-order valence-corrected chi connectivity index (χ1v) is 7.62. The van der Waals surface area contributed by atoms with Crippen molar-refractivity contribution in [3.63, 3.8) is 0 Å². The van der Waals surface area contributed by atoms with Crippen molar-refractivity contribution in [2.45, 2.75) is 19.9 Å². The molecule has 0 spiro atoms. The molecule has 17 heavy (non-hydrogen) atoms. The van der Waals surface area contributed by atoms with E-state index < -0.39 is 0 Å². The maximum absolute atomic E-state index is 4.55. The molecule has 1 aliphatic heterocycles. The van der Waals surface area contributed by atoms with E-state index in [1.54, 1.807) is 0 Å². The van der Waals surface area contributed by atoms with Crippen molar-refractivity contribution in [1.29, 1.82) is 0 Å². The molecule has 0 amide bonds. The molecule has 0 aromatic heterocycles. The van der Waals surface area contributed by atoms with Crippen LogP contribution in [0.15, 0.2) is 33.7 Å². The number of nitrogens with zero attached hydrogens (tertiary/aromatic N) is 1. The fourth-order valence-corrected chi connectivity index (χ4v) is 2.90. The van der Waals surface area contributed by atoms with Crippen LogP contribution >= 0.6 is 27.7 Å². The summed E-state index contributed by atoms with van der Waals surface area (Å²) in [6.45, 7) is 5.36. The highest BCUT2D eigenvalue weighted by atomic mass is 79.9. The Morgan fingerprint density at radius 3 is 2.71 bits per heavy atom. The fourth-order valence-electron chi connectivity index (χ4n) is 1.67. The second-order valence-corrected chi connectivity index (χ2v) is 6.40. The Morgan fingerprint density at radius 2 is 2.12 bits per heavy atom. The highest BCUT2D eigenvalue weighted by Crippen LogP contribution is 2.20. The molecule has 1 aromatic rings. The Kier molecular flexibility index (Phi) is 4.51. The van der Waals surface area contributed by atoms with Gasteiger partial charge in [-0.1, -0.05) is 46.7 Å². The van der Waals surface area contributed by atoms with Gasteiger partial charge in [-0.05, 0) is 30.5 Å². The van der Waals surface area contributed by atoms with E-state index in [-0.39, 0.29) is 0 Å². The van der Waals surface area contributed by atoms with Gasteiger partial charge >= 0.3 is 0 Å². The highest BCUT2D eigenvalue weighted by molar-refractivity contribution is 9.10. The van der Waals surface area contributed by atoms with Crippen LogP contribution in [0, 0.1) is 5.92 Å². The summed E-state index contributed by atoms with van der Waals surface area (Å²) in [6, 6.07) is 8.73. The van der Waals surface area contributed by atoms with Gasteiger partial charge in [0.1, 0.15) is 0 Å². The van der Waals surface area contributed by atoms with Gasteiger partial charge in [-0.25, -0.2) is 0 Å². The lowest BCUT2D eigenvalue weighted by Crippen LogP contribution is -2.28. The average molecular weight is 313 g/mol. The molecule has 2 rings (SSSR count). The predicted octanol–water partition coefficient (Wildman–Crippen LogP) is 3.84. The van der Waals surface area contributed by atoms with E-state index in [0.717, 1.165) is 16.2 Å². The van der Waals surface area contributed by atoms with E-state index in [9.17, 15) is 0 Å². The molecule has 0 bridgehead atoms. The van der Waals surface area contributed by atoms with E-state index >= 15 is 0 Å². The van der Waals surface area contributed by atoms with Gasteiger partial charge in [0.05, 0.1) is 6.04 Å². The van der Waals surface area contributed by atoms with Crippen LogP contribution in [0.1, 0.15) is 25.5 Å². The number of aliphatic imine (C=N–C) groups is 1. The van der Waals surface area contributed by atoms with E-state index in [4.69, 9.17) is 0 Å². The number of amidine groups is 1. The number of halogens is 1. The van der Waals surface area contributed by atoms with Crippen molar-refractivity contribution in [3.8, 4) is 0 Å². The monoisotopic (exact) mass is 312 g/mol. The molecule has 2 nitrogen and oxygen atoms in total. The second kappa shape index (κ2) is 5.91. The number of hydrogen-bond donors (Lipinski definition) is 1. The molecule has 0 aliphatic carbocycles. The fraction of sp³-hybridized carbons (Fsp3) is 0.462. The third-order valence-corrected chi connectivity index (χ3v) is 4.55. The number of thioether (sulfide) groups is 1. The van der Waals surface area contributed by atoms with Crippen molar-refractivity contribution >= 4 is 32.9 Å². The smallest absolute Gasteiger partial charge is 0.157 e. The van der Waals surface area contributed by atoms with E-state index in [1.165, 1.54) is 11.3 Å². The Balaban J connectivity index is 1.97. The molecule has 0 saturated carbocycles. The first-order chi connectivity index (χ1) is 8.15. The van der Waals surface area contributed by atoms with Gasteiger partial charge in [0.2, 0.25) is 0 Å². The molecule has 1 aromatic carbocycles. The number of nitrogens with one attached hydrogen (secondary N) is 1. The molecule has 92 valence electrons. The van der Waals surface area contributed by atoms with Crippen LogP contribution < -0.4 is 5.32 Å². The molecule has 1 N–H and O–H groups in total. The molecule has 4 heteroatoms. The highest BCUT2D eigenvalue weighted by Gasteiger charge is 2.14. The standard InChI is InChI=1S/C13H17BrN2S/c1-9-7-15-13(17-8-9)16-10(2)11-3-5-12(14)6-4-11/h3-6,9-10H,7-8H2,1-2H3,(H,15,16). The van der Waals surface area contributed by atoms with Gasteiger partial charge in [0.15, 0.2) is 5.17 Å². The SMILES string of the molecule is CC1CN=C(NC(C)c2ccc(Br)cc2)SC1. The molecular formula is C13H17BrN2S. The molecule has 1 heterocycles. The lowest BCUT2D eigenvalue weighted by atomic mass is 10.1. The molecule has 0 radical (unpaired) electrons. The number of hydrogen-bond acceptors (Lipinski definition) is 3. The van der Waals surface area contributed by atoms with Crippen molar-refractivity contribution in [2.75, 3.05) is 12.3 Å². The van der Waals surface area contributed by atoms with Crippen LogP contribution in [0.3, 0.4) is 0 Å². The average Bonchev–Trinajstić information content (AvgIpc) is 2.33. The molecule has 1 aliphatic rings. The summed E-state index contributed by atoms with van der Waals surface area (Å²) in [7, 11) is 0. The van der Waals surface area contributed by atoms with Crippen LogP contribution in [0.4, 0.5) is 0 Å². The van der Waals surface area contributed by atoms with Crippen molar-refractivity contribution < 1.29 is 0 Å². The van der Waals surface area contributed by atoms with Crippen molar-refractivity contribution in [1.82, 2.24) is 5.32 Å². The second-order valence-electron chi connectivity index (χ2n) is 4.48. The van der Waals surface area contributed by atoms with Crippen LogP contribution in [0.5, 0.6) is 0 Å². The van der Waals surface area contributed by atoms with Gasteiger partial charge in [0.25, 0.3) is 0 Å². The van der Waals surface area contributed by atoms with Crippen LogP contribution in [0.2, 0.25) is 0 Å². The van der Waals surface area contributed by atoms with Crippen LogP contribution in [0.25, 0.3) is 0 Å². The molecule has 0 saturated heterocycles. The van der Waals surface area contributed by atoms with Gasteiger partial charge < -0.3 is 5.32 Å². The zero-order valence-electron chi connectivity index (χ0n) is 10.1. The van der Waals surface area contributed by atoms with E-state index in [1.807, 2.05) is 11.8 Å². The Morgan fingerprint density at radius 1 is 1.41 bits per heavy atom. The largest absolute Gasteiger partial charge is 0.358 e. The molecule has 2 atom stereocenters. The maximum Gasteiger partial charge on any atom is 0.157 e. The molecule has 2 unspecified atom stereocenters. The zero-order chi connectivity index (χ0) is 12.3. The molecule has 0 fully saturated rings. The predicted molar refractivity (Wildman–Crippen MR) is 79.6 cm³/mol. The van der Waals surface area contributed by atoms with Gasteiger partial charge in [-0.2, -0.15) is 0 Å². The lowest BCUT2D eigenvalue weighted by molar-refractivity contribution is 0.658. The van der Waals surface area contributed by atoms with E-state index in [0.29, 0.717) is 12.0 Å². The van der Waals surface area contributed by atoms with Gasteiger partial charge in [0, 0.05) is 16.8 Å². The minimum Gasteiger partial charge on any atom is -0.358 e. The topological polar surface area (TPSA) is 24.4 Å². The third-order valence-electron chi connectivity index (χ3n) is 2.76. The summed E-state index contributed by atoms with van der Waals surface area (Å²) < 4.78 is 1.12. The summed E-state index contributed by atoms with van der Waals surface area (Å²) in [5, 5.41) is 4.55. The summed E-state index contributed by atoms with van der Waals surface area (Å²) in [5.74, 6) is 1.87. The maximum atomic E-state index is 4.55. The van der Waals surface area contributed by atoms with Crippen LogP contribution in [-0.2, 0) is 0 Å². The van der Waals surface area contributed by atoms with Crippen molar-refractivity contribution in [3.05, 3.63) is 34.3 Å². The zero-order valence-corrected chi connectivity index (χ0v) is 12.5. The van der Waals surface area contributed by atoms with Gasteiger partial charge in [-0.3, -0.25) is 4.99 Å². The number of rotatable bonds is 2. The Hall–Kier alpha value is -0.480. The summed E-state index contributed by atoms with van der Waals surface area (Å²) in [5.41, 5.74) is 1.29. The van der Waals surface area contributed by atoms with Crippen LogP contribution in [-0.4, -0.2) is 17.5 Å². The number of benzene rings is 1. The normalized spacial score (nSPS) is 21.8. The summed E-state index contributed by atoms with van der Waals surface area (Å²) >= 11 is 5.28. The van der Waals surface area contributed by atoms with Gasteiger partial charge in [-0.15, -0.1) is 0 Å². The summed E-state index contributed by atoms with van der Waals surface area (Å²) in [6.07, 6.45) is 0.